The van der Waals surface area contributed by atoms with Crippen LogP contribution in [0.4, 0.5) is 0 Å². The first-order valence-electron chi connectivity index (χ1n) is 6.55. The van der Waals surface area contributed by atoms with Gasteiger partial charge in [-0.15, -0.1) is 11.8 Å². The quantitative estimate of drug-likeness (QED) is 0.412. The first-order valence-corrected chi connectivity index (χ1v) is 8.69. The maximum absolute atomic E-state index is 3.85. The third kappa shape index (κ3) is 2.63. The van der Waals surface area contributed by atoms with Gasteiger partial charge in [0, 0.05) is 4.90 Å². The predicted octanol–water partition coefficient (Wildman–Crippen LogP) is 6.05. The van der Waals surface area contributed by atoms with Gasteiger partial charge in [-0.3, -0.25) is 0 Å². The van der Waals surface area contributed by atoms with Gasteiger partial charge in [-0.05, 0) is 40.3 Å². The van der Waals surface area contributed by atoms with Crippen LogP contribution in [0, 0.1) is 0 Å². The molecule has 20 heavy (non-hydrogen) atoms. The minimum Gasteiger partial charge on any atom is -0.130 e. The Bertz CT molecular complexity index is 714. The molecular formula is C18H15BrS. The van der Waals surface area contributed by atoms with Crippen molar-refractivity contribution < 1.29 is 0 Å². The van der Waals surface area contributed by atoms with Crippen LogP contribution in [0.25, 0.3) is 10.8 Å². The van der Waals surface area contributed by atoms with Gasteiger partial charge in [0.1, 0.15) is 0 Å². The molecule has 0 aliphatic rings. The summed E-state index contributed by atoms with van der Waals surface area (Å²) in [4.78, 5) is 1.52. The molecule has 1 unspecified atom stereocenters. The van der Waals surface area contributed by atoms with Crippen molar-refractivity contribution in [3.8, 4) is 0 Å². The van der Waals surface area contributed by atoms with Gasteiger partial charge in [-0.1, -0.05) is 70.5 Å². The third-order valence-corrected chi connectivity index (χ3v) is 5.27. The van der Waals surface area contributed by atoms with Crippen LogP contribution in [0.15, 0.2) is 71.6 Å². The number of rotatable bonds is 3. The van der Waals surface area contributed by atoms with E-state index in [1.165, 1.54) is 26.8 Å². The standard InChI is InChI=1S/C18H15BrS/c1-20-15-11-9-14(10-12-15)18(19)17-8-4-6-13-5-2-3-7-16(13)17/h2-12,18H,1H3. The van der Waals surface area contributed by atoms with Crippen molar-refractivity contribution in [2.75, 3.05) is 6.26 Å². The molecule has 1 atom stereocenters. The van der Waals surface area contributed by atoms with E-state index in [-0.39, 0.29) is 4.83 Å². The Morgan fingerprint density at radius 3 is 2.30 bits per heavy atom. The fourth-order valence-electron chi connectivity index (χ4n) is 2.42. The van der Waals surface area contributed by atoms with Crippen LogP contribution in [0.2, 0.25) is 0 Å². The Labute approximate surface area is 132 Å². The Hall–Kier alpha value is -1.25. The molecule has 0 N–H and O–H groups in total. The largest absolute Gasteiger partial charge is 0.130 e. The minimum absolute atomic E-state index is 0.226. The van der Waals surface area contributed by atoms with Crippen molar-refractivity contribution in [3.63, 3.8) is 0 Å². The van der Waals surface area contributed by atoms with Gasteiger partial charge in [0.15, 0.2) is 0 Å². The maximum Gasteiger partial charge on any atom is 0.0650 e. The van der Waals surface area contributed by atoms with E-state index >= 15 is 0 Å². The lowest BCUT2D eigenvalue weighted by Gasteiger charge is -2.14. The van der Waals surface area contributed by atoms with E-state index in [1.807, 2.05) is 0 Å². The highest BCUT2D eigenvalue weighted by molar-refractivity contribution is 9.09. The molecule has 0 fully saturated rings. The number of hydrogen-bond donors (Lipinski definition) is 0. The van der Waals surface area contributed by atoms with E-state index in [1.54, 1.807) is 11.8 Å². The molecule has 3 aromatic carbocycles. The van der Waals surface area contributed by atoms with Gasteiger partial charge in [-0.2, -0.15) is 0 Å². The summed E-state index contributed by atoms with van der Waals surface area (Å²) in [7, 11) is 0. The second-order valence-electron chi connectivity index (χ2n) is 4.70. The van der Waals surface area contributed by atoms with E-state index in [0.717, 1.165) is 0 Å². The summed E-state index contributed by atoms with van der Waals surface area (Å²) in [6.07, 6.45) is 2.10. The SMILES string of the molecule is CSc1ccc(C(Br)c2cccc3ccccc23)cc1. The molecule has 0 aromatic heterocycles. The summed E-state index contributed by atoms with van der Waals surface area (Å²) < 4.78 is 0. The van der Waals surface area contributed by atoms with Crippen LogP contribution >= 0.6 is 27.7 Å². The summed E-state index contributed by atoms with van der Waals surface area (Å²) in [5, 5.41) is 2.60. The Kier molecular flexibility index (Phi) is 4.13. The van der Waals surface area contributed by atoms with Gasteiger partial charge >= 0.3 is 0 Å². The molecule has 0 radical (unpaired) electrons. The van der Waals surface area contributed by atoms with Crippen molar-refractivity contribution in [3.05, 3.63) is 77.9 Å². The zero-order chi connectivity index (χ0) is 13.9. The molecule has 3 rings (SSSR count). The number of halogens is 1. The Balaban J connectivity index is 2.05. The summed E-state index contributed by atoms with van der Waals surface area (Å²) in [5.74, 6) is 0. The van der Waals surface area contributed by atoms with Crippen LogP contribution in [0.3, 0.4) is 0 Å². The van der Waals surface area contributed by atoms with Crippen LogP contribution < -0.4 is 0 Å². The highest BCUT2D eigenvalue weighted by atomic mass is 79.9. The average molecular weight is 343 g/mol. The van der Waals surface area contributed by atoms with E-state index < -0.39 is 0 Å². The molecule has 0 saturated carbocycles. The third-order valence-electron chi connectivity index (χ3n) is 3.50. The number of alkyl halides is 1. The summed E-state index contributed by atoms with van der Waals surface area (Å²) >= 11 is 5.63. The highest BCUT2D eigenvalue weighted by Crippen LogP contribution is 2.35. The van der Waals surface area contributed by atoms with Gasteiger partial charge < -0.3 is 0 Å². The second kappa shape index (κ2) is 6.02. The molecule has 100 valence electrons. The van der Waals surface area contributed by atoms with Crippen LogP contribution in [-0.4, -0.2) is 6.26 Å². The smallest absolute Gasteiger partial charge is 0.0650 e. The highest BCUT2D eigenvalue weighted by Gasteiger charge is 2.12. The lowest BCUT2D eigenvalue weighted by atomic mass is 9.98. The monoisotopic (exact) mass is 342 g/mol. The van der Waals surface area contributed by atoms with E-state index in [2.05, 4.69) is 88.9 Å². The molecule has 0 aliphatic carbocycles. The normalized spacial score (nSPS) is 12.5. The zero-order valence-corrected chi connectivity index (χ0v) is 13.6. The summed E-state index contributed by atoms with van der Waals surface area (Å²) in [5.41, 5.74) is 2.61. The summed E-state index contributed by atoms with van der Waals surface area (Å²) in [6.45, 7) is 0. The molecule has 0 nitrogen and oxygen atoms in total. The number of hydrogen-bond acceptors (Lipinski definition) is 1. The van der Waals surface area contributed by atoms with Crippen LogP contribution in [0.1, 0.15) is 16.0 Å². The second-order valence-corrected chi connectivity index (χ2v) is 6.50. The summed E-state index contributed by atoms with van der Waals surface area (Å²) in [6, 6.07) is 23.8. The molecule has 0 saturated heterocycles. The maximum atomic E-state index is 3.85. The van der Waals surface area contributed by atoms with E-state index in [9.17, 15) is 0 Å². The number of benzene rings is 3. The topological polar surface area (TPSA) is 0 Å². The van der Waals surface area contributed by atoms with Crippen LogP contribution in [0.5, 0.6) is 0 Å². The van der Waals surface area contributed by atoms with Gasteiger partial charge in [0.2, 0.25) is 0 Å². The van der Waals surface area contributed by atoms with Gasteiger partial charge in [0.25, 0.3) is 0 Å². The fraction of sp³-hybridized carbons (Fsp3) is 0.111. The first kappa shape index (κ1) is 13.7. The lowest BCUT2D eigenvalue weighted by Crippen LogP contribution is -1.94. The van der Waals surface area contributed by atoms with Gasteiger partial charge in [0.05, 0.1) is 4.83 Å². The Morgan fingerprint density at radius 2 is 1.55 bits per heavy atom. The van der Waals surface area contributed by atoms with Crippen LogP contribution in [-0.2, 0) is 0 Å². The molecule has 0 heterocycles. The molecular weight excluding hydrogens is 328 g/mol. The predicted molar refractivity (Wildman–Crippen MR) is 92.9 cm³/mol. The van der Waals surface area contributed by atoms with E-state index in [0.29, 0.717) is 0 Å². The molecule has 0 amide bonds. The zero-order valence-electron chi connectivity index (χ0n) is 11.2. The van der Waals surface area contributed by atoms with Crippen molar-refractivity contribution in [2.24, 2.45) is 0 Å². The lowest BCUT2D eigenvalue weighted by molar-refractivity contribution is 1.18. The average Bonchev–Trinajstić information content (AvgIpc) is 2.54. The van der Waals surface area contributed by atoms with Crippen molar-refractivity contribution in [1.82, 2.24) is 0 Å². The van der Waals surface area contributed by atoms with Crippen molar-refractivity contribution in [1.29, 1.82) is 0 Å². The first-order chi connectivity index (χ1) is 9.79. The molecule has 0 aliphatic heterocycles. The van der Waals surface area contributed by atoms with Crippen molar-refractivity contribution in [2.45, 2.75) is 9.72 Å². The number of fused-ring (bicyclic) bond motifs is 1. The number of thioether (sulfide) groups is 1. The molecule has 2 heteroatoms. The fourth-order valence-corrected chi connectivity index (χ4v) is 3.54. The minimum atomic E-state index is 0.226. The molecule has 0 spiro atoms. The van der Waals surface area contributed by atoms with Gasteiger partial charge in [-0.25, -0.2) is 0 Å². The molecule has 0 bridgehead atoms. The molecule has 3 aromatic rings. The Morgan fingerprint density at radius 1 is 0.850 bits per heavy atom. The van der Waals surface area contributed by atoms with Crippen molar-refractivity contribution >= 4 is 38.5 Å². The van der Waals surface area contributed by atoms with E-state index in [4.69, 9.17) is 0 Å².